The molecular weight excluding hydrogens is 338 g/mol. The van der Waals surface area contributed by atoms with Gasteiger partial charge in [-0.2, -0.15) is 13.5 Å². The van der Waals surface area contributed by atoms with Crippen molar-refractivity contribution in [3.8, 4) is 0 Å². The van der Waals surface area contributed by atoms with E-state index in [1.807, 2.05) is 18.3 Å². The maximum Gasteiger partial charge on any atom is 0.283 e. The Morgan fingerprint density at radius 2 is 2.00 bits per heavy atom. The van der Waals surface area contributed by atoms with Crippen LogP contribution >= 0.6 is 0 Å². The summed E-state index contributed by atoms with van der Waals surface area (Å²) in [5, 5.41) is 8.04. The molecule has 0 saturated heterocycles. The Labute approximate surface area is 149 Å². The van der Waals surface area contributed by atoms with Crippen molar-refractivity contribution in [3.63, 3.8) is 0 Å². The molecule has 8 heteroatoms. The van der Waals surface area contributed by atoms with Crippen LogP contribution in [0.2, 0.25) is 0 Å². The third kappa shape index (κ3) is 3.85. The van der Waals surface area contributed by atoms with Crippen molar-refractivity contribution >= 4 is 22.6 Å². The lowest BCUT2D eigenvalue weighted by molar-refractivity contribution is 0.0498. The van der Waals surface area contributed by atoms with Gasteiger partial charge in [-0.1, -0.05) is 25.0 Å². The van der Waals surface area contributed by atoms with E-state index in [1.165, 1.54) is 31.3 Å². The fourth-order valence-electron chi connectivity index (χ4n) is 3.36. The van der Waals surface area contributed by atoms with Crippen LogP contribution in [0.25, 0.3) is 0 Å². The number of rotatable bonds is 6. The zero-order valence-electron chi connectivity index (χ0n) is 14.5. The summed E-state index contributed by atoms with van der Waals surface area (Å²) >= 11 is 0. The zero-order chi connectivity index (χ0) is 17.9. The average Bonchev–Trinajstić information content (AvgIpc) is 3.26. The molecule has 2 aliphatic rings. The predicted octanol–water partition coefficient (Wildman–Crippen LogP) is 1.96. The fourth-order valence-corrected chi connectivity index (χ4v) is 4.19. The molecule has 1 aromatic carbocycles. The maximum atomic E-state index is 12.4. The third-order valence-electron chi connectivity index (χ3n) is 4.92. The summed E-state index contributed by atoms with van der Waals surface area (Å²) in [4.78, 5) is 0.161. The molecule has 1 aromatic rings. The van der Waals surface area contributed by atoms with E-state index in [0.717, 1.165) is 24.9 Å². The van der Waals surface area contributed by atoms with Crippen LogP contribution in [0, 0.1) is 5.41 Å². The summed E-state index contributed by atoms with van der Waals surface area (Å²) < 4.78 is 28.6. The van der Waals surface area contributed by atoms with Gasteiger partial charge in [0.15, 0.2) is 0 Å². The van der Waals surface area contributed by atoms with Gasteiger partial charge in [0, 0.05) is 24.7 Å². The molecule has 1 aliphatic carbocycles. The second-order valence-corrected chi connectivity index (χ2v) is 8.28. The Morgan fingerprint density at radius 3 is 2.60 bits per heavy atom. The number of hydrazine groups is 1. The van der Waals surface area contributed by atoms with Gasteiger partial charge in [-0.3, -0.25) is 5.01 Å². The maximum absolute atomic E-state index is 12.4. The van der Waals surface area contributed by atoms with Crippen molar-refractivity contribution in [2.75, 3.05) is 13.1 Å². The van der Waals surface area contributed by atoms with Gasteiger partial charge < -0.3 is 5.73 Å². The van der Waals surface area contributed by atoms with Crippen LogP contribution in [0.4, 0.5) is 0 Å². The minimum Gasteiger partial charge on any atom is -0.326 e. The molecule has 136 valence electrons. The molecule has 0 bridgehead atoms. The van der Waals surface area contributed by atoms with Crippen molar-refractivity contribution in [1.29, 1.82) is 0 Å². The first-order chi connectivity index (χ1) is 12.0. The number of benzene rings is 1. The van der Waals surface area contributed by atoms with Gasteiger partial charge in [-0.15, -0.1) is 4.40 Å². The molecule has 7 nitrogen and oxygen atoms in total. The van der Waals surface area contributed by atoms with E-state index in [0.29, 0.717) is 13.1 Å². The second kappa shape index (κ2) is 7.13. The minimum atomic E-state index is -3.74. The molecular formula is C17H25N5O2S. The van der Waals surface area contributed by atoms with Crippen molar-refractivity contribution < 1.29 is 8.42 Å². The smallest absolute Gasteiger partial charge is 0.283 e. The van der Waals surface area contributed by atoms with Crippen molar-refractivity contribution in [2.24, 2.45) is 20.6 Å². The standard InChI is InChI=1S/C17H25N5O2S/c1-2-21(22-13-17(12-19-22)9-3-4-10-17)14-20-25(23,24)16-7-5-15(11-18)6-8-16/h5-8,12,14H,2-4,9-11,13,18H2,1H3. The molecule has 0 amide bonds. The molecule has 1 spiro atoms. The number of sulfonamides is 1. The SMILES string of the molecule is CCN(C=NS(=O)(=O)c1ccc(CN)cc1)N1CC2(C=N1)CCCC2. The molecule has 0 unspecified atom stereocenters. The van der Waals surface area contributed by atoms with Gasteiger partial charge in [-0.25, -0.2) is 5.12 Å². The van der Waals surface area contributed by atoms with Crippen LogP contribution in [0.1, 0.15) is 38.2 Å². The Hall–Kier alpha value is -1.93. The normalized spacial score (nSPS) is 19.4. The van der Waals surface area contributed by atoms with Crippen molar-refractivity contribution in [1.82, 2.24) is 10.1 Å². The van der Waals surface area contributed by atoms with Crippen molar-refractivity contribution in [3.05, 3.63) is 29.8 Å². The van der Waals surface area contributed by atoms with Crippen LogP contribution in [0.5, 0.6) is 0 Å². The minimum absolute atomic E-state index is 0.151. The average molecular weight is 363 g/mol. The van der Waals surface area contributed by atoms with Crippen LogP contribution in [-0.4, -0.2) is 44.2 Å². The first-order valence-electron chi connectivity index (χ1n) is 8.67. The fraction of sp³-hybridized carbons (Fsp3) is 0.529. The molecule has 1 saturated carbocycles. The quantitative estimate of drug-likeness (QED) is 0.616. The predicted molar refractivity (Wildman–Crippen MR) is 98.5 cm³/mol. The number of nitrogens with zero attached hydrogens (tertiary/aromatic N) is 4. The number of nitrogens with two attached hydrogens (primary N) is 1. The Kier molecular flexibility index (Phi) is 5.10. The van der Waals surface area contributed by atoms with Gasteiger partial charge in [0.05, 0.1) is 11.4 Å². The molecule has 3 rings (SSSR count). The number of hydrogen-bond donors (Lipinski definition) is 1. The van der Waals surface area contributed by atoms with E-state index in [-0.39, 0.29) is 10.3 Å². The highest BCUT2D eigenvalue weighted by Crippen LogP contribution is 2.40. The molecule has 1 fully saturated rings. The van der Waals surface area contributed by atoms with E-state index < -0.39 is 10.0 Å². The van der Waals surface area contributed by atoms with E-state index in [2.05, 4.69) is 9.50 Å². The summed E-state index contributed by atoms with van der Waals surface area (Å²) in [5.74, 6) is 0. The largest absolute Gasteiger partial charge is 0.326 e. The summed E-state index contributed by atoms with van der Waals surface area (Å²) in [5.41, 5.74) is 6.57. The van der Waals surface area contributed by atoms with E-state index >= 15 is 0 Å². The highest BCUT2D eigenvalue weighted by Gasteiger charge is 2.39. The first kappa shape index (κ1) is 17.9. The lowest BCUT2D eigenvalue weighted by atomic mass is 9.89. The van der Waals surface area contributed by atoms with E-state index in [1.54, 1.807) is 17.1 Å². The highest BCUT2D eigenvalue weighted by molar-refractivity contribution is 7.90. The molecule has 0 aromatic heterocycles. The van der Waals surface area contributed by atoms with E-state index in [4.69, 9.17) is 5.73 Å². The topological polar surface area (TPSA) is 91.4 Å². The van der Waals surface area contributed by atoms with Gasteiger partial charge >= 0.3 is 0 Å². The number of hydrazone groups is 1. The third-order valence-corrected chi connectivity index (χ3v) is 6.16. The summed E-state index contributed by atoms with van der Waals surface area (Å²) in [7, 11) is -3.74. The van der Waals surface area contributed by atoms with Gasteiger partial charge in [0.25, 0.3) is 10.0 Å². The summed E-state index contributed by atoms with van der Waals surface area (Å²) in [6.45, 7) is 3.71. The Morgan fingerprint density at radius 1 is 1.32 bits per heavy atom. The molecule has 0 radical (unpaired) electrons. The summed E-state index contributed by atoms with van der Waals surface area (Å²) in [6, 6.07) is 6.47. The van der Waals surface area contributed by atoms with Gasteiger partial charge in [0.1, 0.15) is 6.34 Å². The monoisotopic (exact) mass is 363 g/mol. The number of hydrogen-bond acceptors (Lipinski definition) is 5. The molecule has 1 heterocycles. The Balaban J connectivity index is 1.71. The molecule has 25 heavy (non-hydrogen) atoms. The zero-order valence-corrected chi connectivity index (χ0v) is 15.3. The van der Waals surface area contributed by atoms with Crippen molar-refractivity contribution in [2.45, 2.75) is 44.0 Å². The lowest BCUT2D eigenvalue weighted by Gasteiger charge is -2.29. The van der Waals surface area contributed by atoms with Gasteiger partial charge in [-0.05, 0) is 37.5 Å². The molecule has 0 atom stereocenters. The Bertz CT molecular complexity index is 752. The summed E-state index contributed by atoms with van der Waals surface area (Å²) in [6.07, 6.45) is 8.13. The first-order valence-corrected chi connectivity index (χ1v) is 10.1. The van der Waals surface area contributed by atoms with Crippen LogP contribution in [0.15, 0.2) is 38.7 Å². The molecule has 2 N–H and O–H groups in total. The van der Waals surface area contributed by atoms with Crippen LogP contribution in [0.3, 0.4) is 0 Å². The lowest BCUT2D eigenvalue weighted by Crippen LogP contribution is -2.40. The second-order valence-electron chi connectivity index (χ2n) is 6.64. The van der Waals surface area contributed by atoms with Crippen LogP contribution in [-0.2, 0) is 16.6 Å². The highest BCUT2D eigenvalue weighted by atomic mass is 32.2. The van der Waals surface area contributed by atoms with Gasteiger partial charge in [0.2, 0.25) is 0 Å². The van der Waals surface area contributed by atoms with Crippen LogP contribution < -0.4 is 5.73 Å². The van der Waals surface area contributed by atoms with E-state index in [9.17, 15) is 8.42 Å². The molecule has 1 aliphatic heterocycles.